The Labute approximate surface area is 190 Å². The summed E-state index contributed by atoms with van der Waals surface area (Å²) < 4.78 is 26.8. The summed E-state index contributed by atoms with van der Waals surface area (Å²) in [6, 6.07) is 3.52. The van der Waals surface area contributed by atoms with Gasteiger partial charge in [0, 0.05) is 58.2 Å². The Kier molecular flexibility index (Phi) is 6.15. The van der Waals surface area contributed by atoms with Crippen molar-refractivity contribution in [3.63, 3.8) is 0 Å². The number of ether oxygens (including phenoxy) is 2. The second-order valence-electron chi connectivity index (χ2n) is 9.40. The van der Waals surface area contributed by atoms with Crippen molar-refractivity contribution in [1.82, 2.24) is 9.97 Å². The van der Waals surface area contributed by atoms with Gasteiger partial charge in [-0.25, -0.2) is 9.37 Å². The number of aliphatic hydroxyl groups excluding tert-OH is 1. The summed E-state index contributed by atoms with van der Waals surface area (Å²) in [5.41, 5.74) is -0.228. The van der Waals surface area contributed by atoms with Crippen LogP contribution in [0.15, 0.2) is 16.6 Å². The van der Waals surface area contributed by atoms with E-state index in [1.54, 1.807) is 13.2 Å². The van der Waals surface area contributed by atoms with Crippen LogP contribution in [0.1, 0.15) is 20.3 Å². The molecule has 2 unspecified atom stereocenters. The Morgan fingerprint density at radius 1 is 1.39 bits per heavy atom. The molecular formula is C22H30BrFN4O3. The number of methoxy groups -OCH3 is 1. The molecule has 2 aromatic rings. The largest absolute Gasteiger partial charge is 0.396 e. The average molecular weight is 497 g/mol. The molecule has 7 nitrogen and oxygen atoms in total. The third-order valence-corrected chi connectivity index (χ3v) is 7.37. The second kappa shape index (κ2) is 8.42. The zero-order chi connectivity index (χ0) is 22.4. The molecule has 1 aromatic carbocycles. The van der Waals surface area contributed by atoms with Gasteiger partial charge in [0.1, 0.15) is 16.9 Å². The number of benzene rings is 1. The minimum atomic E-state index is -0.419. The molecule has 2 aliphatic heterocycles. The van der Waals surface area contributed by atoms with Gasteiger partial charge in [-0.2, -0.15) is 4.98 Å². The van der Waals surface area contributed by atoms with Crippen LogP contribution in [0.25, 0.3) is 10.9 Å². The summed E-state index contributed by atoms with van der Waals surface area (Å²) in [6.07, 6.45) is 0.794. The second-order valence-corrected chi connectivity index (χ2v) is 10.3. The van der Waals surface area contributed by atoms with Gasteiger partial charge >= 0.3 is 0 Å². The molecule has 31 heavy (non-hydrogen) atoms. The molecule has 2 saturated heterocycles. The number of nitrogens with zero attached hydrogens (tertiary/aromatic N) is 4. The van der Waals surface area contributed by atoms with Crippen LogP contribution in [-0.2, 0) is 9.47 Å². The van der Waals surface area contributed by atoms with Crippen molar-refractivity contribution in [3.8, 4) is 0 Å². The van der Waals surface area contributed by atoms with Gasteiger partial charge in [0.15, 0.2) is 5.82 Å². The average Bonchev–Trinajstić information content (AvgIpc) is 3.33. The third-order valence-electron chi connectivity index (χ3n) is 6.76. The molecule has 2 atom stereocenters. The predicted molar refractivity (Wildman–Crippen MR) is 122 cm³/mol. The van der Waals surface area contributed by atoms with Crippen LogP contribution in [-0.4, -0.2) is 74.3 Å². The zero-order valence-corrected chi connectivity index (χ0v) is 20.1. The van der Waals surface area contributed by atoms with Gasteiger partial charge in [-0.1, -0.05) is 13.8 Å². The van der Waals surface area contributed by atoms with Crippen molar-refractivity contribution in [2.75, 3.05) is 63.4 Å². The molecule has 0 aliphatic carbocycles. The Hall–Kier alpha value is -1.55. The molecule has 0 radical (unpaired) electrons. The summed E-state index contributed by atoms with van der Waals surface area (Å²) in [6.45, 7) is 7.41. The lowest BCUT2D eigenvalue weighted by atomic mass is 9.83. The van der Waals surface area contributed by atoms with Gasteiger partial charge < -0.3 is 24.4 Å². The summed E-state index contributed by atoms with van der Waals surface area (Å²) in [5.74, 6) is 0.829. The molecular weight excluding hydrogens is 467 g/mol. The zero-order valence-electron chi connectivity index (χ0n) is 18.5. The minimum Gasteiger partial charge on any atom is -0.396 e. The highest BCUT2D eigenvalue weighted by atomic mass is 79.9. The van der Waals surface area contributed by atoms with Gasteiger partial charge in [0.2, 0.25) is 5.95 Å². The molecule has 0 amide bonds. The monoisotopic (exact) mass is 496 g/mol. The van der Waals surface area contributed by atoms with Crippen LogP contribution in [0.2, 0.25) is 0 Å². The molecule has 1 aromatic heterocycles. The van der Waals surface area contributed by atoms with E-state index >= 15 is 4.39 Å². The quantitative estimate of drug-likeness (QED) is 0.657. The van der Waals surface area contributed by atoms with Crippen LogP contribution in [0.5, 0.6) is 0 Å². The number of halogens is 2. The maximum absolute atomic E-state index is 15.1. The van der Waals surface area contributed by atoms with Gasteiger partial charge in [-0.3, -0.25) is 0 Å². The lowest BCUT2D eigenvalue weighted by Gasteiger charge is -2.32. The van der Waals surface area contributed by atoms with Crippen LogP contribution in [0.4, 0.5) is 16.2 Å². The third kappa shape index (κ3) is 4.13. The topological polar surface area (TPSA) is 71.0 Å². The standard InChI is InChI=1S/C22H30BrFN4O3/c1-21(2)11-28(9-14(21)10-29)20-25-18-15(5-6-16(23)17(18)24)19(26-20)27(3)12-22(30-4)7-8-31-13-22/h5-6,14,29H,7-13H2,1-4H3. The van der Waals surface area contributed by atoms with Gasteiger partial charge in [0.25, 0.3) is 0 Å². The van der Waals surface area contributed by atoms with Crippen molar-refractivity contribution < 1.29 is 19.0 Å². The summed E-state index contributed by atoms with van der Waals surface area (Å²) >= 11 is 3.28. The van der Waals surface area contributed by atoms with Crippen molar-refractivity contribution in [1.29, 1.82) is 0 Å². The fraction of sp³-hybridized carbons (Fsp3) is 0.636. The van der Waals surface area contributed by atoms with E-state index in [4.69, 9.17) is 14.5 Å². The first-order valence-corrected chi connectivity index (χ1v) is 11.3. The number of aliphatic hydroxyl groups is 1. The molecule has 2 fully saturated rings. The van der Waals surface area contributed by atoms with Crippen LogP contribution in [0, 0.1) is 17.2 Å². The number of rotatable bonds is 6. The fourth-order valence-corrected chi connectivity index (χ4v) is 4.96. The molecule has 3 heterocycles. The van der Waals surface area contributed by atoms with E-state index in [2.05, 4.69) is 34.8 Å². The van der Waals surface area contributed by atoms with E-state index in [1.165, 1.54) is 0 Å². The highest BCUT2D eigenvalue weighted by Crippen LogP contribution is 2.39. The van der Waals surface area contributed by atoms with E-state index in [0.29, 0.717) is 54.5 Å². The van der Waals surface area contributed by atoms with Gasteiger partial charge in [-0.15, -0.1) is 0 Å². The molecule has 170 valence electrons. The van der Waals surface area contributed by atoms with E-state index < -0.39 is 11.4 Å². The predicted octanol–water partition coefficient (Wildman–Crippen LogP) is 3.23. The Morgan fingerprint density at radius 2 is 2.16 bits per heavy atom. The molecule has 4 rings (SSSR count). The van der Waals surface area contributed by atoms with Gasteiger partial charge in [0.05, 0.1) is 17.6 Å². The first kappa shape index (κ1) is 22.6. The van der Waals surface area contributed by atoms with Crippen molar-refractivity contribution in [2.45, 2.75) is 25.9 Å². The van der Waals surface area contributed by atoms with E-state index in [1.807, 2.05) is 22.9 Å². The minimum absolute atomic E-state index is 0.0871. The lowest BCUT2D eigenvalue weighted by Crippen LogP contribution is -2.44. The summed E-state index contributed by atoms with van der Waals surface area (Å²) in [7, 11) is 3.64. The Morgan fingerprint density at radius 3 is 2.77 bits per heavy atom. The molecule has 2 aliphatic rings. The molecule has 0 saturated carbocycles. The van der Waals surface area contributed by atoms with Gasteiger partial charge in [-0.05, 0) is 33.5 Å². The van der Waals surface area contributed by atoms with Crippen molar-refractivity contribution >= 4 is 38.6 Å². The number of hydrogen-bond donors (Lipinski definition) is 1. The maximum atomic E-state index is 15.1. The van der Waals surface area contributed by atoms with Crippen LogP contribution < -0.4 is 9.80 Å². The number of aromatic nitrogens is 2. The summed E-state index contributed by atoms with van der Waals surface area (Å²) in [4.78, 5) is 13.5. The molecule has 9 heteroatoms. The van der Waals surface area contributed by atoms with E-state index in [9.17, 15) is 5.11 Å². The van der Waals surface area contributed by atoms with Crippen LogP contribution in [0.3, 0.4) is 0 Å². The van der Waals surface area contributed by atoms with Crippen LogP contribution >= 0.6 is 15.9 Å². The Bertz CT molecular complexity index is 967. The summed E-state index contributed by atoms with van der Waals surface area (Å²) in [5, 5.41) is 10.5. The highest BCUT2D eigenvalue weighted by molar-refractivity contribution is 9.10. The SMILES string of the molecule is COC1(CN(C)c2nc(N3CC(CO)C(C)(C)C3)nc3c(F)c(Br)ccc23)CCOC1. The molecule has 1 N–H and O–H groups in total. The fourth-order valence-electron chi connectivity index (χ4n) is 4.64. The highest BCUT2D eigenvalue weighted by Gasteiger charge is 2.41. The normalized spacial score (nSPS) is 25.5. The first-order valence-electron chi connectivity index (χ1n) is 10.6. The van der Waals surface area contributed by atoms with Crippen molar-refractivity contribution in [2.24, 2.45) is 11.3 Å². The maximum Gasteiger partial charge on any atom is 0.228 e. The molecule has 0 bridgehead atoms. The van der Waals surface area contributed by atoms with E-state index in [0.717, 1.165) is 6.42 Å². The number of fused-ring (bicyclic) bond motifs is 1. The first-order chi connectivity index (χ1) is 14.7. The number of hydrogen-bond acceptors (Lipinski definition) is 7. The lowest BCUT2D eigenvalue weighted by molar-refractivity contribution is -0.0101. The molecule has 0 spiro atoms. The van der Waals surface area contributed by atoms with Crippen molar-refractivity contribution in [3.05, 3.63) is 22.4 Å². The smallest absolute Gasteiger partial charge is 0.228 e. The number of anilines is 2. The Balaban J connectivity index is 1.78. The van der Waals surface area contributed by atoms with E-state index in [-0.39, 0.29) is 23.5 Å². The number of likely N-dealkylation sites (N-methyl/N-ethyl adjacent to an activating group) is 1.